The van der Waals surface area contributed by atoms with Crippen LogP contribution in [-0.2, 0) is 23.0 Å². The van der Waals surface area contributed by atoms with E-state index in [-0.39, 0.29) is 17.3 Å². The quantitative estimate of drug-likeness (QED) is 0.810. The molecule has 2 heterocycles. The van der Waals surface area contributed by atoms with Crippen LogP contribution < -0.4 is 5.32 Å². The number of anilines is 1. The largest absolute Gasteiger partial charge is 0.462 e. The van der Waals surface area contributed by atoms with Gasteiger partial charge in [0, 0.05) is 27.7 Å². The van der Waals surface area contributed by atoms with E-state index >= 15 is 0 Å². The number of aryl methyl sites for hydroxylation is 1. The fourth-order valence-corrected chi connectivity index (χ4v) is 4.34. The van der Waals surface area contributed by atoms with Crippen molar-refractivity contribution < 1.29 is 14.3 Å². The summed E-state index contributed by atoms with van der Waals surface area (Å²) < 4.78 is 5.21. The van der Waals surface area contributed by atoms with Gasteiger partial charge in [-0.15, -0.1) is 11.3 Å². The molecule has 0 unspecified atom stereocenters. The van der Waals surface area contributed by atoms with E-state index in [4.69, 9.17) is 4.74 Å². The van der Waals surface area contributed by atoms with Crippen LogP contribution in [0.2, 0.25) is 0 Å². The molecular formula is C20H24N2O3S. The predicted molar refractivity (Wildman–Crippen MR) is 103 cm³/mol. The van der Waals surface area contributed by atoms with Crippen LogP contribution >= 0.6 is 11.3 Å². The van der Waals surface area contributed by atoms with Crippen LogP contribution in [0.5, 0.6) is 0 Å². The topological polar surface area (TPSA) is 68.3 Å². The van der Waals surface area contributed by atoms with Gasteiger partial charge in [0.25, 0.3) is 5.91 Å². The third kappa shape index (κ3) is 3.65. The highest BCUT2D eigenvalue weighted by atomic mass is 32.1. The normalized spacial score (nSPS) is 13.4. The molecule has 2 aromatic heterocycles. The molecule has 0 fully saturated rings. The molecule has 0 saturated carbocycles. The molecule has 0 aromatic carbocycles. The first-order chi connectivity index (χ1) is 12.3. The van der Waals surface area contributed by atoms with Crippen molar-refractivity contribution >= 4 is 28.2 Å². The summed E-state index contributed by atoms with van der Waals surface area (Å²) >= 11 is 1.49. The molecule has 26 heavy (non-hydrogen) atoms. The van der Waals surface area contributed by atoms with E-state index in [0.29, 0.717) is 22.7 Å². The van der Waals surface area contributed by atoms with E-state index in [9.17, 15) is 9.59 Å². The maximum atomic E-state index is 12.8. The molecule has 1 N–H and O–H groups in total. The Balaban J connectivity index is 1.90. The number of hydrogen-bond acceptors (Lipinski definition) is 5. The third-order valence-corrected chi connectivity index (χ3v) is 5.63. The zero-order chi connectivity index (χ0) is 18.9. The molecule has 1 aliphatic carbocycles. The molecule has 5 nitrogen and oxygen atoms in total. The van der Waals surface area contributed by atoms with E-state index in [1.54, 1.807) is 25.3 Å². The van der Waals surface area contributed by atoms with Crippen molar-refractivity contribution in [3.63, 3.8) is 0 Å². The molecule has 0 bridgehead atoms. The average Bonchev–Trinajstić information content (AvgIpc) is 3.14. The van der Waals surface area contributed by atoms with Gasteiger partial charge in [0.1, 0.15) is 5.00 Å². The van der Waals surface area contributed by atoms with Gasteiger partial charge in [-0.2, -0.15) is 0 Å². The first-order valence-corrected chi connectivity index (χ1v) is 9.72. The van der Waals surface area contributed by atoms with Gasteiger partial charge in [-0.25, -0.2) is 4.79 Å². The van der Waals surface area contributed by atoms with Gasteiger partial charge in [-0.1, -0.05) is 20.8 Å². The molecule has 2 aromatic rings. The Labute approximate surface area is 157 Å². The number of rotatable bonds is 4. The Morgan fingerprint density at radius 3 is 2.77 bits per heavy atom. The first-order valence-electron chi connectivity index (χ1n) is 8.90. The lowest BCUT2D eigenvalue weighted by Crippen LogP contribution is -2.18. The molecule has 0 atom stereocenters. The highest BCUT2D eigenvalue weighted by molar-refractivity contribution is 7.17. The molecule has 0 spiro atoms. The number of pyridine rings is 1. The van der Waals surface area contributed by atoms with Crippen molar-refractivity contribution in [1.82, 2.24) is 4.98 Å². The number of thiophene rings is 1. The van der Waals surface area contributed by atoms with Gasteiger partial charge in [-0.3, -0.25) is 9.78 Å². The fraction of sp³-hybridized carbons (Fsp3) is 0.450. The zero-order valence-electron chi connectivity index (χ0n) is 15.6. The Bertz CT molecular complexity index is 849. The van der Waals surface area contributed by atoms with Crippen molar-refractivity contribution in [3.05, 3.63) is 45.6 Å². The van der Waals surface area contributed by atoms with Gasteiger partial charge in [0.2, 0.25) is 0 Å². The highest BCUT2D eigenvalue weighted by Crippen LogP contribution is 2.39. The maximum Gasteiger partial charge on any atom is 0.341 e. The third-order valence-electron chi connectivity index (χ3n) is 4.42. The fourth-order valence-electron chi connectivity index (χ4n) is 3.07. The lowest BCUT2D eigenvalue weighted by atomic mass is 9.91. The highest BCUT2D eigenvalue weighted by Gasteiger charge is 2.28. The van der Waals surface area contributed by atoms with E-state index in [1.807, 2.05) is 0 Å². The van der Waals surface area contributed by atoms with Gasteiger partial charge < -0.3 is 10.1 Å². The van der Waals surface area contributed by atoms with Crippen molar-refractivity contribution in [1.29, 1.82) is 0 Å². The smallest absolute Gasteiger partial charge is 0.341 e. The van der Waals surface area contributed by atoms with E-state index in [1.165, 1.54) is 16.2 Å². The number of amides is 1. The Kier molecular flexibility index (Phi) is 5.14. The number of nitrogens with zero attached hydrogens (tertiary/aromatic N) is 1. The minimum absolute atomic E-state index is 0.142. The first kappa shape index (κ1) is 18.6. The number of carbonyl (C=O) groups is 2. The number of ether oxygens (including phenoxy) is 1. The summed E-state index contributed by atoms with van der Waals surface area (Å²) in [5.74, 6) is -0.587. The monoisotopic (exact) mass is 372 g/mol. The van der Waals surface area contributed by atoms with Crippen LogP contribution in [0.4, 0.5) is 5.00 Å². The number of aromatic nitrogens is 1. The van der Waals surface area contributed by atoms with Crippen LogP contribution in [0, 0.1) is 0 Å². The summed E-state index contributed by atoms with van der Waals surface area (Å²) in [7, 11) is 0. The van der Waals surface area contributed by atoms with E-state index in [2.05, 4.69) is 31.1 Å². The Morgan fingerprint density at radius 1 is 1.31 bits per heavy atom. The number of nitrogens with one attached hydrogen (secondary N) is 1. The second kappa shape index (κ2) is 7.19. The molecule has 0 saturated heterocycles. The summed E-state index contributed by atoms with van der Waals surface area (Å²) in [6.45, 7) is 8.27. The van der Waals surface area contributed by atoms with E-state index < -0.39 is 0 Å². The van der Waals surface area contributed by atoms with Crippen LogP contribution in [0.1, 0.15) is 71.0 Å². The van der Waals surface area contributed by atoms with Crippen molar-refractivity contribution in [3.8, 4) is 0 Å². The van der Waals surface area contributed by atoms with Gasteiger partial charge in [-0.05, 0) is 43.9 Å². The van der Waals surface area contributed by atoms with Crippen molar-refractivity contribution in [2.45, 2.75) is 52.4 Å². The van der Waals surface area contributed by atoms with Crippen LogP contribution in [0.15, 0.2) is 18.3 Å². The number of carbonyl (C=O) groups excluding carboxylic acids is 2. The van der Waals surface area contributed by atoms with Crippen LogP contribution in [-0.4, -0.2) is 23.5 Å². The van der Waals surface area contributed by atoms with Crippen LogP contribution in [0.25, 0.3) is 0 Å². The molecule has 1 aliphatic rings. The Morgan fingerprint density at radius 2 is 2.08 bits per heavy atom. The minimum atomic E-state index is -0.354. The van der Waals surface area contributed by atoms with Crippen molar-refractivity contribution in [2.24, 2.45) is 0 Å². The summed E-state index contributed by atoms with van der Waals surface area (Å²) in [5.41, 5.74) is 2.81. The SMILES string of the molecule is CCOC(=O)c1c(NC(=O)c2ccnc(C(C)(C)C)c2)sc2c1CCC2. The molecule has 6 heteroatoms. The number of esters is 1. The standard InChI is InChI=1S/C20H24N2O3S/c1-5-25-19(24)16-13-7-6-8-14(13)26-18(16)22-17(23)12-9-10-21-15(11-12)20(2,3)4/h9-11H,5-8H2,1-4H3,(H,22,23). The summed E-state index contributed by atoms with van der Waals surface area (Å²) in [6.07, 6.45) is 4.50. The molecule has 3 rings (SSSR count). The van der Waals surface area contributed by atoms with Gasteiger partial charge >= 0.3 is 5.97 Å². The predicted octanol–water partition coefficient (Wildman–Crippen LogP) is 4.36. The zero-order valence-corrected chi connectivity index (χ0v) is 16.5. The van der Waals surface area contributed by atoms with Crippen LogP contribution in [0.3, 0.4) is 0 Å². The minimum Gasteiger partial charge on any atom is -0.462 e. The lowest BCUT2D eigenvalue weighted by Gasteiger charge is -2.18. The van der Waals surface area contributed by atoms with Gasteiger partial charge in [0.05, 0.1) is 12.2 Å². The lowest BCUT2D eigenvalue weighted by molar-refractivity contribution is 0.0527. The van der Waals surface area contributed by atoms with E-state index in [0.717, 1.165) is 30.5 Å². The summed E-state index contributed by atoms with van der Waals surface area (Å²) in [4.78, 5) is 30.7. The maximum absolute atomic E-state index is 12.8. The molecule has 0 aliphatic heterocycles. The second-order valence-corrected chi connectivity index (χ2v) is 8.52. The second-order valence-electron chi connectivity index (χ2n) is 7.42. The molecule has 0 radical (unpaired) electrons. The summed E-state index contributed by atoms with van der Waals surface area (Å²) in [5, 5.41) is 3.52. The number of fused-ring (bicyclic) bond motifs is 1. The molecular weight excluding hydrogens is 348 g/mol. The summed E-state index contributed by atoms with van der Waals surface area (Å²) in [6, 6.07) is 3.50. The number of hydrogen-bond donors (Lipinski definition) is 1. The van der Waals surface area contributed by atoms with Crippen molar-refractivity contribution in [2.75, 3.05) is 11.9 Å². The van der Waals surface area contributed by atoms with Gasteiger partial charge in [0.15, 0.2) is 0 Å². The molecule has 1 amide bonds. The Hall–Kier alpha value is -2.21. The molecule has 138 valence electrons. The average molecular weight is 372 g/mol.